The maximum Gasteiger partial charge on any atom is 0.258 e. The van der Waals surface area contributed by atoms with Crippen LogP contribution in [0.4, 0.5) is 0 Å². The fourth-order valence-corrected chi connectivity index (χ4v) is 2.76. The van der Waals surface area contributed by atoms with Crippen molar-refractivity contribution in [1.29, 1.82) is 0 Å². The van der Waals surface area contributed by atoms with Crippen LogP contribution in [0, 0.1) is 0 Å². The number of hydrogen-bond acceptors (Lipinski definition) is 5. The van der Waals surface area contributed by atoms with E-state index in [-0.39, 0.29) is 0 Å². The molecule has 2 aromatic carbocycles. The van der Waals surface area contributed by atoms with Crippen LogP contribution in [0.25, 0.3) is 33.9 Å². The molecule has 120 valence electrons. The first-order valence-corrected chi connectivity index (χ1v) is 8.05. The van der Waals surface area contributed by atoms with Gasteiger partial charge in [0.25, 0.3) is 5.89 Å². The molecule has 0 N–H and O–H groups in total. The van der Waals surface area contributed by atoms with Crippen molar-refractivity contribution in [2.45, 2.75) is 19.9 Å². The van der Waals surface area contributed by atoms with Gasteiger partial charge in [-0.3, -0.25) is 0 Å². The van der Waals surface area contributed by atoms with Crippen LogP contribution in [-0.2, 0) is 6.54 Å². The standard InChI is InChI=1S/C17H14ClN5O/c1-2-8-23-15-7-6-11(10-14(15)20-22-23)16-19-17(24-21-16)12-4-3-5-13(18)9-12/h3-7,9-10H,2,8H2,1H3. The molecule has 0 atom stereocenters. The van der Waals surface area contributed by atoms with Crippen LogP contribution in [0.3, 0.4) is 0 Å². The Morgan fingerprint density at radius 2 is 2.04 bits per heavy atom. The predicted molar refractivity (Wildman–Crippen MR) is 91.6 cm³/mol. The summed E-state index contributed by atoms with van der Waals surface area (Å²) >= 11 is 6.00. The highest BCUT2D eigenvalue weighted by Crippen LogP contribution is 2.26. The maximum absolute atomic E-state index is 6.00. The molecule has 7 heteroatoms. The van der Waals surface area contributed by atoms with Crippen molar-refractivity contribution in [3.8, 4) is 22.8 Å². The summed E-state index contributed by atoms with van der Waals surface area (Å²) in [5.74, 6) is 0.944. The number of halogens is 1. The quantitative estimate of drug-likeness (QED) is 0.557. The molecule has 2 heterocycles. The number of fused-ring (bicyclic) bond motifs is 1. The molecule has 0 saturated carbocycles. The molecule has 4 aromatic rings. The molecule has 4 rings (SSSR count). The topological polar surface area (TPSA) is 69.6 Å². The first kappa shape index (κ1) is 14.8. The molecule has 0 fully saturated rings. The van der Waals surface area contributed by atoms with Crippen LogP contribution in [0.15, 0.2) is 47.0 Å². The highest BCUT2D eigenvalue weighted by Gasteiger charge is 2.13. The summed E-state index contributed by atoms with van der Waals surface area (Å²) < 4.78 is 7.25. The second-order valence-electron chi connectivity index (χ2n) is 5.45. The van der Waals surface area contributed by atoms with Gasteiger partial charge in [0.1, 0.15) is 5.52 Å². The summed E-state index contributed by atoms with van der Waals surface area (Å²) in [4.78, 5) is 4.45. The number of rotatable bonds is 4. The molecule has 0 bridgehead atoms. The monoisotopic (exact) mass is 339 g/mol. The van der Waals surface area contributed by atoms with Crippen molar-refractivity contribution in [1.82, 2.24) is 25.1 Å². The Labute approximate surface area is 143 Å². The van der Waals surface area contributed by atoms with Gasteiger partial charge in [-0.2, -0.15) is 4.98 Å². The van der Waals surface area contributed by atoms with E-state index in [4.69, 9.17) is 16.1 Å². The molecular weight excluding hydrogens is 326 g/mol. The lowest BCUT2D eigenvalue weighted by molar-refractivity contribution is 0.432. The van der Waals surface area contributed by atoms with E-state index < -0.39 is 0 Å². The van der Waals surface area contributed by atoms with Gasteiger partial charge in [-0.05, 0) is 42.8 Å². The molecule has 0 amide bonds. The summed E-state index contributed by atoms with van der Waals surface area (Å²) in [5.41, 5.74) is 3.44. The zero-order valence-electron chi connectivity index (χ0n) is 13.0. The van der Waals surface area contributed by atoms with E-state index in [2.05, 4.69) is 27.4 Å². The molecular formula is C17H14ClN5O. The van der Waals surface area contributed by atoms with E-state index in [0.29, 0.717) is 16.7 Å². The van der Waals surface area contributed by atoms with E-state index in [1.807, 2.05) is 35.0 Å². The highest BCUT2D eigenvalue weighted by molar-refractivity contribution is 6.30. The largest absolute Gasteiger partial charge is 0.334 e. The van der Waals surface area contributed by atoms with E-state index >= 15 is 0 Å². The SMILES string of the molecule is CCCn1nnc2cc(-c3noc(-c4cccc(Cl)c4)n3)ccc21. The van der Waals surface area contributed by atoms with Crippen LogP contribution in [0.2, 0.25) is 5.02 Å². The van der Waals surface area contributed by atoms with Gasteiger partial charge in [0.15, 0.2) is 0 Å². The van der Waals surface area contributed by atoms with Gasteiger partial charge >= 0.3 is 0 Å². The van der Waals surface area contributed by atoms with Crippen molar-refractivity contribution >= 4 is 22.6 Å². The summed E-state index contributed by atoms with van der Waals surface area (Å²) in [6, 6.07) is 13.2. The minimum atomic E-state index is 0.433. The smallest absolute Gasteiger partial charge is 0.258 e. The van der Waals surface area contributed by atoms with Crippen LogP contribution < -0.4 is 0 Å². The van der Waals surface area contributed by atoms with E-state index in [0.717, 1.165) is 35.1 Å². The first-order chi connectivity index (χ1) is 11.7. The third kappa shape index (κ3) is 2.65. The lowest BCUT2D eigenvalue weighted by Crippen LogP contribution is -1.98. The second-order valence-corrected chi connectivity index (χ2v) is 5.89. The van der Waals surface area contributed by atoms with Gasteiger partial charge in [-0.25, -0.2) is 4.68 Å². The lowest BCUT2D eigenvalue weighted by Gasteiger charge is -1.99. The van der Waals surface area contributed by atoms with Crippen LogP contribution in [0.5, 0.6) is 0 Å². The fourth-order valence-electron chi connectivity index (χ4n) is 2.57. The van der Waals surface area contributed by atoms with Gasteiger partial charge in [-0.15, -0.1) is 5.10 Å². The molecule has 6 nitrogen and oxygen atoms in total. The van der Waals surface area contributed by atoms with E-state index in [1.54, 1.807) is 12.1 Å². The Kier molecular flexibility index (Phi) is 3.74. The van der Waals surface area contributed by atoms with Gasteiger partial charge in [0.05, 0.1) is 5.52 Å². The Hall–Kier alpha value is -2.73. The third-order valence-corrected chi connectivity index (χ3v) is 3.94. The average molecular weight is 340 g/mol. The van der Waals surface area contributed by atoms with Crippen molar-refractivity contribution in [2.24, 2.45) is 0 Å². The Morgan fingerprint density at radius 1 is 1.12 bits per heavy atom. The number of nitrogens with zero attached hydrogens (tertiary/aromatic N) is 5. The van der Waals surface area contributed by atoms with E-state index in [1.165, 1.54) is 0 Å². The maximum atomic E-state index is 6.00. The fraction of sp³-hybridized carbons (Fsp3) is 0.176. The molecule has 0 radical (unpaired) electrons. The molecule has 0 spiro atoms. The first-order valence-electron chi connectivity index (χ1n) is 7.68. The van der Waals surface area contributed by atoms with Crippen molar-refractivity contribution in [2.75, 3.05) is 0 Å². The van der Waals surface area contributed by atoms with Crippen LogP contribution in [0.1, 0.15) is 13.3 Å². The number of aryl methyl sites for hydroxylation is 1. The molecule has 0 unspecified atom stereocenters. The molecule has 24 heavy (non-hydrogen) atoms. The lowest BCUT2D eigenvalue weighted by atomic mass is 10.2. The van der Waals surface area contributed by atoms with E-state index in [9.17, 15) is 0 Å². The Balaban J connectivity index is 1.70. The minimum absolute atomic E-state index is 0.433. The zero-order chi connectivity index (χ0) is 16.5. The minimum Gasteiger partial charge on any atom is -0.334 e. The molecule has 0 saturated heterocycles. The highest BCUT2D eigenvalue weighted by atomic mass is 35.5. The van der Waals surface area contributed by atoms with Gasteiger partial charge in [-0.1, -0.05) is 35.0 Å². The van der Waals surface area contributed by atoms with Crippen molar-refractivity contribution < 1.29 is 4.52 Å². The van der Waals surface area contributed by atoms with Crippen LogP contribution >= 0.6 is 11.6 Å². The summed E-state index contributed by atoms with van der Waals surface area (Å²) in [6.07, 6.45) is 1.01. The number of hydrogen-bond donors (Lipinski definition) is 0. The number of aromatic nitrogens is 5. The Bertz CT molecular complexity index is 1010. The number of benzene rings is 2. The molecule has 2 aromatic heterocycles. The summed E-state index contributed by atoms with van der Waals surface area (Å²) in [5, 5.41) is 13.1. The average Bonchev–Trinajstić information content (AvgIpc) is 3.22. The van der Waals surface area contributed by atoms with Crippen molar-refractivity contribution in [3.63, 3.8) is 0 Å². The second kappa shape index (κ2) is 6.05. The molecule has 0 aliphatic carbocycles. The van der Waals surface area contributed by atoms with Gasteiger partial charge < -0.3 is 4.52 Å². The summed E-state index contributed by atoms with van der Waals surface area (Å²) in [7, 11) is 0. The van der Waals surface area contributed by atoms with Gasteiger partial charge in [0, 0.05) is 22.7 Å². The van der Waals surface area contributed by atoms with Crippen LogP contribution in [-0.4, -0.2) is 25.1 Å². The predicted octanol–water partition coefficient (Wildman–Crippen LogP) is 4.21. The normalized spacial score (nSPS) is 11.2. The summed E-state index contributed by atoms with van der Waals surface area (Å²) in [6.45, 7) is 2.95. The third-order valence-electron chi connectivity index (χ3n) is 3.71. The van der Waals surface area contributed by atoms with Gasteiger partial charge in [0.2, 0.25) is 5.82 Å². The van der Waals surface area contributed by atoms with Crippen molar-refractivity contribution in [3.05, 3.63) is 47.5 Å². The molecule has 0 aliphatic rings. The molecule has 0 aliphatic heterocycles. The Morgan fingerprint density at radius 3 is 2.88 bits per heavy atom. The zero-order valence-corrected chi connectivity index (χ0v) is 13.7.